The highest BCUT2D eigenvalue weighted by molar-refractivity contribution is 7.22. The number of thiazole rings is 1. The number of hydrogen-bond donors (Lipinski definition) is 1. The van der Waals surface area contributed by atoms with Crippen LogP contribution >= 0.6 is 11.3 Å². The van der Waals surface area contributed by atoms with Gasteiger partial charge in [0.2, 0.25) is 5.91 Å². The van der Waals surface area contributed by atoms with Crippen LogP contribution < -0.4 is 5.32 Å². The predicted octanol–water partition coefficient (Wildman–Crippen LogP) is 2.23. The minimum absolute atomic E-state index is 0.0295. The van der Waals surface area contributed by atoms with Crippen molar-refractivity contribution in [3.05, 3.63) is 30.9 Å². The Hall–Kier alpha value is -2.28. The van der Waals surface area contributed by atoms with Crippen molar-refractivity contribution in [2.24, 2.45) is 0 Å². The molecule has 1 aromatic carbocycles. The average Bonchev–Trinajstić information content (AvgIpc) is 3.06. The summed E-state index contributed by atoms with van der Waals surface area (Å²) in [5.41, 5.74) is 1.84. The molecule has 0 spiro atoms. The summed E-state index contributed by atoms with van der Waals surface area (Å²) in [4.78, 5) is 15.7. The van der Waals surface area contributed by atoms with Crippen molar-refractivity contribution in [1.82, 2.24) is 19.7 Å². The van der Waals surface area contributed by atoms with Crippen LogP contribution in [0.5, 0.6) is 0 Å². The molecule has 7 heteroatoms. The molecule has 0 saturated carbocycles. The first kappa shape index (κ1) is 11.8. The Morgan fingerprint density at radius 1 is 1.37 bits per heavy atom. The van der Waals surface area contributed by atoms with Crippen LogP contribution in [0.3, 0.4) is 0 Å². The lowest BCUT2D eigenvalue weighted by molar-refractivity contribution is -0.115. The molecule has 3 rings (SSSR count). The highest BCUT2D eigenvalue weighted by atomic mass is 32.1. The Balaban J connectivity index is 1.97. The molecule has 0 bridgehead atoms. The number of aromatic nitrogens is 4. The second-order valence-electron chi connectivity index (χ2n) is 3.94. The molecule has 1 N–H and O–H groups in total. The van der Waals surface area contributed by atoms with Crippen LogP contribution in [0.25, 0.3) is 15.9 Å². The highest BCUT2D eigenvalue weighted by Gasteiger charge is 2.07. The van der Waals surface area contributed by atoms with Crippen LogP contribution in [0.2, 0.25) is 0 Å². The van der Waals surface area contributed by atoms with E-state index in [9.17, 15) is 4.79 Å². The molecule has 0 saturated heterocycles. The van der Waals surface area contributed by atoms with Gasteiger partial charge in [0.25, 0.3) is 0 Å². The van der Waals surface area contributed by atoms with Crippen molar-refractivity contribution in [2.45, 2.75) is 13.3 Å². The molecule has 0 unspecified atom stereocenters. The normalized spacial score (nSPS) is 10.8. The number of benzene rings is 1. The first-order valence-corrected chi connectivity index (χ1v) is 6.63. The van der Waals surface area contributed by atoms with E-state index in [1.165, 1.54) is 11.3 Å². The van der Waals surface area contributed by atoms with E-state index in [1.54, 1.807) is 12.7 Å². The molecule has 0 atom stereocenters. The molecule has 2 heterocycles. The maximum absolute atomic E-state index is 11.3. The summed E-state index contributed by atoms with van der Waals surface area (Å²) in [6, 6.07) is 5.86. The van der Waals surface area contributed by atoms with Crippen molar-refractivity contribution in [3.8, 4) is 5.69 Å². The number of rotatable bonds is 3. The molecule has 0 aliphatic carbocycles. The van der Waals surface area contributed by atoms with Crippen molar-refractivity contribution >= 4 is 32.6 Å². The monoisotopic (exact) mass is 273 g/mol. The van der Waals surface area contributed by atoms with Gasteiger partial charge in [-0.05, 0) is 18.2 Å². The fourth-order valence-electron chi connectivity index (χ4n) is 1.67. The summed E-state index contributed by atoms with van der Waals surface area (Å²) in [5, 5.41) is 11.0. The van der Waals surface area contributed by atoms with Crippen molar-refractivity contribution in [1.29, 1.82) is 0 Å². The highest BCUT2D eigenvalue weighted by Crippen LogP contribution is 2.27. The predicted molar refractivity (Wildman–Crippen MR) is 73.5 cm³/mol. The van der Waals surface area contributed by atoms with Crippen LogP contribution in [0.4, 0.5) is 5.13 Å². The van der Waals surface area contributed by atoms with E-state index in [4.69, 9.17) is 0 Å². The fraction of sp³-hybridized carbons (Fsp3) is 0.167. The van der Waals surface area contributed by atoms with Gasteiger partial charge in [-0.15, -0.1) is 10.2 Å². The fourth-order valence-corrected chi connectivity index (χ4v) is 2.58. The molecular formula is C12H11N5OS. The molecule has 1 amide bonds. The smallest absolute Gasteiger partial charge is 0.225 e. The molecule has 0 aliphatic heterocycles. The molecule has 96 valence electrons. The van der Waals surface area contributed by atoms with Gasteiger partial charge in [0.15, 0.2) is 5.13 Å². The van der Waals surface area contributed by atoms with E-state index < -0.39 is 0 Å². The number of carbonyl (C=O) groups excluding carboxylic acids is 1. The Bertz CT molecular complexity index is 719. The Kier molecular flexibility index (Phi) is 2.96. The van der Waals surface area contributed by atoms with E-state index in [0.717, 1.165) is 15.9 Å². The zero-order valence-electron chi connectivity index (χ0n) is 10.2. The quantitative estimate of drug-likeness (QED) is 0.794. The molecule has 2 aromatic heterocycles. The van der Waals surface area contributed by atoms with Gasteiger partial charge >= 0.3 is 0 Å². The molecule has 6 nitrogen and oxygen atoms in total. The van der Waals surface area contributed by atoms with Crippen molar-refractivity contribution < 1.29 is 4.79 Å². The van der Waals surface area contributed by atoms with Gasteiger partial charge in [0.1, 0.15) is 12.7 Å². The summed E-state index contributed by atoms with van der Waals surface area (Å²) in [5.74, 6) is -0.0295. The minimum atomic E-state index is -0.0295. The van der Waals surface area contributed by atoms with Gasteiger partial charge in [0, 0.05) is 12.1 Å². The number of nitrogens with zero attached hydrogens (tertiary/aromatic N) is 4. The third-order valence-corrected chi connectivity index (χ3v) is 3.59. The first-order chi connectivity index (χ1) is 9.26. The molecule has 0 radical (unpaired) electrons. The largest absolute Gasteiger partial charge is 0.302 e. The number of hydrogen-bond acceptors (Lipinski definition) is 5. The number of nitrogens with one attached hydrogen (secondary N) is 1. The second-order valence-corrected chi connectivity index (χ2v) is 4.97. The topological polar surface area (TPSA) is 72.7 Å². The Morgan fingerprint density at radius 2 is 2.16 bits per heavy atom. The van der Waals surface area contributed by atoms with Gasteiger partial charge in [0.05, 0.1) is 10.2 Å². The maximum Gasteiger partial charge on any atom is 0.225 e. The SMILES string of the molecule is CCC(=O)Nc1nc2ccc(-n3cnnc3)cc2s1. The zero-order valence-corrected chi connectivity index (χ0v) is 11.0. The van der Waals surface area contributed by atoms with Crippen molar-refractivity contribution in [3.63, 3.8) is 0 Å². The number of carbonyl (C=O) groups is 1. The van der Waals surface area contributed by atoms with Crippen molar-refractivity contribution in [2.75, 3.05) is 5.32 Å². The van der Waals surface area contributed by atoms with E-state index in [1.807, 2.05) is 29.7 Å². The molecule has 0 fully saturated rings. The molecular weight excluding hydrogens is 262 g/mol. The zero-order chi connectivity index (χ0) is 13.2. The Morgan fingerprint density at radius 3 is 2.89 bits per heavy atom. The lowest BCUT2D eigenvalue weighted by Gasteiger charge is -1.99. The number of anilines is 1. The van der Waals surface area contributed by atoms with Gasteiger partial charge in [-0.2, -0.15) is 0 Å². The third kappa shape index (κ3) is 2.32. The summed E-state index contributed by atoms with van der Waals surface area (Å²) in [6.45, 7) is 1.81. The lowest BCUT2D eigenvalue weighted by Crippen LogP contribution is -2.08. The standard InChI is InChI=1S/C12H11N5OS/c1-2-11(18)16-12-15-9-4-3-8(5-10(9)19-12)17-6-13-14-7-17/h3-7H,2H2,1H3,(H,15,16,18). The van der Waals surface area contributed by atoms with Gasteiger partial charge in [-0.25, -0.2) is 4.98 Å². The van der Waals surface area contributed by atoms with Crippen LogP contribution in [0, 0.1) is 0 Å². The van der Waals surface area contributed by atoms with Gasteiger partial charge in [-0.3, -0.25) is 9.36 Å². The first-order valence-electron chi connectivity index (χ1n) is 5.81. The lowest BCUT2D eigenvalue weighted by atomic mass is 10.3. The van der Waals surface area contributed by atoms with Crippen LogP contribution in [-0.2, 0) is 4.79 Å². The third-order valence-electron chi connectivity index (χ3n) is 2.66. The van der Waals surface area contributed by atoms with Gasteiger partial charge < -0.3 is 5.32 Å². The van der Waals surface area contributed by atoms with E-state index in [0.29, 0.717) is 11.6 Å². The molecule has 3 aromatic rings. The summed E-state index contributed by atoms with van der Waals surface area (Å²) in [6.07, 6.45) is 3.73. The summed E-state index contributed by atoms with van der Waals surface area (Å²) in [7, 11) is 0. The summed E-state index contributed by atoms with van der Waals surface area (Å²) < 4.78 is 2.83. The number of amides is 1. The Labute approximate surface area is 113 Å². The van der Waals surface area contributed by atoms with Crippen LogP contribution in [-0.4, -0.2) is 25.7 Å². The average molecular weight is 273 g/mol. The maximum atomic E-state index is 11.3. The second kappa shape index (κ2) is 4.77. The summed E-state index contributed by atoms with van der Waals surface area (Å²) >= 11 is 1.46. The molecule has 19 heavy (non-hydrogen) atoms. The minimum Gasteiger partial charge on any atom is -0.302 e. The van der Waals surface area contributed by atoms with E-state index in [-0.39, 0.29) is 5.91 Å². The van der Waals surface area contributed by atoms with E-state index >= 15 is 0 Å². The van der Waals surface area contributed by atoms with Gasteiger partial charge in [-0.1, -0.05) is 18.3 Å². The van der Waals surface area contributed by atoms with Crippen LogP contribution in [0.1, 0.15) is 13.3 Å². The van der Waals surface area contributed by atoms with E-state index in [2.05, 4.69) is 20.5 Å². The van der Waals surface area contributed by atoms with Crippen LogP contribution in [0.15, 0.2) is 30.9 Å². The molecule has 0 aliphatic rings. The number of fused-ring (bicyclic) bond motifs is 1.